The first-order valence-corrected chi connectivity index (χ1v) is 21.2. The monoisotopic (exact) mass is 1020 g/mol. The van der Waals surface area contributed by atoms with Crippen molar-refractivity contribution in [3.8, 4) is 46.0 Å². The minimum atomic E-state index is -0.611. The van der Waals surface area contributed by atoms with E-state index >= 15 is 0 Å². The minimum absolute atomic E-state index is 0. The topological polar surface area (TPSA) is 194 Å². The SMILES string of the molecule is CS(C)=O.CS(C)=O.[O-]c1c2cccc1Oc1cccc(c1[O-])C=Nc1ccccc1N=Cc1cccc(c1[O-])Oc1cccc(c1[O-])C=Nc1ccccc1N=C2.[Pd+2].[Pd+2]. The Morgan fingerprint density at radius 3 is 0.767 bits per heavy atom. The summed E-state index contributed by atoms with van der Waals surface area (Å²) in [6, 6.07) is 32.6. The van der Waals surface area contributed by atoms with Crippen molar-refractivity contribution in [1.29, 1.82) is 0 Å². The van der Waals surface area contributed by atoms with E-state index in [1.807, 2.05) is 0 Å². The van der Waals surface area contributed by atoms with Crippen LogP contribution in [-0.4, -0.2) is 58.3 Å². The van der Waals surface area contributed by atoms with Crippen LogP contribution in [0, 0.1) is 0 Å². The average molecular weight is 1030 g/mol. The number of aliphatic imine (C=N–C) groups is 4. The molecule has 12 nitrogen and oxygen atoms in total. The molecule has 0 amide bonds. The molecular formula is C44H36N4O8Pd2S2. The molecule has 0 saturated carbocycles. The molecule has 312 valence electrons. The van der Waals surface area contributed by atoms with Gasteiger partial charge in [-0.3, -0.25) is 28.4 Å². The van der Waals surface area contributed by atoms with Crippen molar-refractivity contribution in [2.45, 2.75) is 0 Å². The molecule has 6 aromatic carbocycles. The molecule has 1 heterocycles. The molecule has 0 N–H and O–H groups in total. The van der Waals surface area contributed by atoms with E-state index in [0.29, 0.717) is 22.7 Å². The Labute approximate surface area is 380 Å². The fourth-order valence-electron chi connectivity index (χ4n) is 5.02. The number of hydrogen-bond donors (Lipinski definition) is 0. The molecule has 0 fully saturated rings. The Balaban J connectivity index is 0.000000885. The minimum Gasteiger partial charge on any atom is -0.870 e. The summed E-state index contributed by atoms with van der Waals surface area (Å²) < 4.78 is 30.8. The van der Waals surface area contributed by atoms with E-state index in [-0.39, 0.29) is 86.1 Å². The van der Waals surface area contributed by atoms with Gasteiger partial charge < -0.3 is 29.9 Å². The second-order valence-electron chi connectivity index (χ2n) is 12.4. The van der Waals surface area contributed by atoms with E-state index < -0.39 is 44.6 Å². The Morgan fingerprint density at radius 2 is 0.567 bits per heavy atom. The summed E-state index contributed by atoms with van der Waals surface area (Å²) in [7, 11) is -1.22. The second-order valence-corrected chi connectivity index (χ2v) is 15.4. The molecule has 60 heavy (non-hydrogen) atoms. The number of hydrogen-bond acceptors (Lipinski definition) is 12. The molecule has 0 spiro atoms. The van der Waals surface area contributed by atoms with Crippen molar-refractivity contribution in [1.82, 2.24) is 0 Å². The summed E-state index contributed by atoms with van der Waals surface area (Å²) in [5.41, 5.74) is 2.61. The summed E-state index contributed by atoms with van der Waals surface area (Å²) in [4.78, 5) is 17.9. The smallest absolute Gasteiger partial charge is 0.870 e. The van der Waals surface area contributed by atoms with Gasteiger partial charge in [-0.05, 0) is 70.8 Å². The van der Waals surface area contributed by atoms with Gasteiger partial charge in [-0.1, -0.05) is 95.8 Å². The Bertz CT molecular complexity index is 2240. The summed E-state index contributed by atoms with van der Waals surface area (Å²) in [5.74, 6) is -2.10. The molecule has 0 aliphatic carbocycles. The third-order valence-corrected chi connectivity index (χ3v) is 7.61. The first kappa shape index (κ1) is 48.8. The van der Waals surface area contributed by atoms with Gasteiger partial charge in [0.2, 0.25) is 0 Å². The van der Waals surface area contributed by atoms with Gasteiger partial charge in [0.15, 0.2) is 0 Å². The van der Waals surface area contributed by atoms with Crippen molar-refractivity contribution in [3.63, 3.8) is 0 Å². The molecule has 6 aromatic rings. The van der Waals surface area contributed by atoms with Gasteiger partial charge in [0.25, 0.3) is 0 Å². The number of nitrogens with zero attached hydrogens (tertiary/aromatic N) is 4. The van der Waals surface area contributed by atoms with E-state index in [9.17, 15) is 28.8 Å². The Kier molecular flexibility index (Phi) is 19.4. The van der Waals surface area contributed by atoms with E-state index in [2.05, 4.69) is 20.0 Å². The first-order valence-electron chi connectivity index (χ1n) is 17.3. The van der Waals surface area contributed by atoms with Crippen molar-refractivity contribution < 1.29 is 79.2 Å². The van der Waals surface area contributed by atoms with Crippen molar-refractivity contribution >= 4 is 69.2 Å². The quantitative estimate of drug-likeness (QED) is 0.147. The number of rotatable bonds is 0. The number of ether oxygens (including phenoxy) is 2. The van der Waals surface area contributed by atoms with E-state index in [1.165, 1.54) is 49.1 Å². The number of para-hydroxylation sites is 8. The van der Waals surface area contributed by atoms with Gasteiger partial charge in [0.05, 0.1) is 22.7 Å². The summed E-state index contributed by atoms with van der Waals surface area (Å²) in [6.07, 6.45) is 12.1. The van der Waals surface area contributed by atoms with Crippen LogP contribution in [0.1, 0.15) is 22.3 Å². The van der Waals surface area contributed by atoms with Gasteiger partial charge in [0, 0.05) is 71.5 Å². The molecule has 0 saturated heterocycles. The van der Waals surface area contributed by atoms with E-state index in [4.69, 9.17) is 9.47 Å². The molecule has 0 aromatic heterocycles. The molecular weight excluding hydrogens is 989 g/mol. The van der Waals surface area contributed by atoms with Crippen LogP contribution >= 0.6 is 0 Å². The van der Waals surface area contributed by atoms with Crippen LogP contribution in [-0.2, 0) is 62.4 Å². The molecule has 0 unspecified atom stereocenters. The van der Waals surface area contributed by atoms with Crippen LogP contribution in [0.3, 0.4) is 0 Å². The Hall–Kier alpha value is -5.58. The van der Waals surface area contributed by atoms with Crippen LogP contribution in [0.25, 0.3) is 0 Å². The third-order valence-electron chi connectivity index (χ3n) is 7.61. The van der Waals surface area contributed by atoms with Gasteiger partial charge in [0.1, 0.15) is 23.0 Å². The van der Waals surface area contributed by atoms with Crippen molar-refractivity contribution in [3.05, 3.63) is 144 Å². The van der Waals surface area contributed by atoms with Crippen LogP contribution in [0.4, 0.5) is 22.7 Å². The zero-order valence-corrected chi connectivity index (χ0v) is 37.1. The van der Waals surface area contributed by atoms with Crippen LogP contribution < -0.4 is 29.9 Å². The molecule has 1 aliphatic rings. The van der Waals surface area contributed by atoms with Crippen LogP contribution in [0.5, 0.6) is 46.0 Å². The molecule has 0 radical (unpaired) electrons. The summed E-state index contributed by atoms with van der Waals surface area (Å²) in [5, 5.41) is 53.4. The average Bonchev–Trinajstić information content (AvgIpc) is 3.19. The fraction of sp³-hybridized carbons (Fsp3) is 0.0909. The number of fused-ring (bicyclic) bond motifs is 10. The van der Waals surface area contributed by atoms with Crippen molar-refractivity contribution in [2.75, 3.05) is 25.0 Å². The molecule has 16 heteroatoms. The van der Waals surface area contributed by atoms with Crippen LogP contribution in [0.15, 0.2) is 141 Å². The maximum atomic E-state index is 13.4. The van der Waals surface area contributed by atoms with Crippen molar-refractivity contribution in [2.24, 2.45) is 20.0 Å². The van der Waals surface area contributed by atoms with Crippen LogP contribution in [0.2, 0.25) is 0 Å². The maximum Gasteiger partial charge on any atom is 2.00 e. The van der Waals surface area contributed by atoms with Gasteiger partial charge in [-0.2, -0.15) is 0 Å². The van der Waals surface area contributed by atoms with Gasteiger partial charge >= 0.3 is 40.8 Å². The van der Waals surface area contributed by atoms with E-state index in [0.717, 1.165) is 0 Å². The zero-order chi connectivity index (χ0) is 41.6. The Morgan fingerprint density at radius 1 is 0.367 bits per heavy atom. The molecule has 1 aliphatic heterocycles. The summed E-state index contributed by atoms with van der Waals surface area (Å²) in [6.45, 7) is 0. The largest absolute Gasteiger partial charge is 2.00 e. The summed E-state index contributed by atoms with van der Waals surface area (Å²) >= 11 is 0. The predicted molar refractivity (Wildman–Crippen MR) is 226 cm³/mol. The zero-order valence-electron chi connectivity index (χ0n) is 32.4. The number of benzene rings is 6. The molecule has 8 bridgehead atoms. The predicted octanol–water partition coefficient (Wildman–Crippen LogP) is 6.87. The first-order chi connectivity index (χ1) is 27.9. The third kappa shape index (κ3) is 13.7. The normalized spacial score (nSPS) is 11.4. The van der Waals surface area contributed by atoms with E-state index in [1.54, 1.807) is 122 Å². The van der Waals surface area contributed by atoms with Gasteiger partial charge in [-0.25, -0.2) is 0 Å². The fourth-order valence-corrected chi connectivity index (χ4v) is 5.02. The maximum absolute atomic E-state index is 13.4. The standard InChI is InChI=1S/C40H28N4O6.2C2H6OS.2Pd/c45-37-25-9-5-17-33(37)49-35-19-7-11-27(39(35)47)23-43-31-15-3-4-16-32(31)44-24-28-12-8-20-36(40(28)48)50-34-18-6-10-26(38(34)46)22-42-30-14-2-1-13-29(30)41-21-25;2*1-4(2)3;;/h1-24,45-48H;2*1-2H3;;/q;;;2*+2/p-4. The second kappa shape index (κ2) is 23.9. The van der Waals surface area contributed by atoms with Gasteiger partial charge in [-0.15, -0.1) is 0 Å². The molecule has 0 atom stereocenters. The molecule has 7 rings (SSSR count).